The van der Waals surface area contributed by atoms with Crippen LogP contribution in [0.5, 0.6) is 0 Å². The summed E-state index contributed by atoms with van der Waals surface area (Å²) in [6.07, 6.45) is 2.16. The normalized spacial score (nSPS) is 9.85. The molecular weight excluding hydrogens is 363 g/mol. The third kappa shape index (κ3) is 10.5. The van der Waals surface area contributed by atoms with Crippen LogP contribution in [0.2, 0.25) is 0 Å². The summed E-state index contributed by atoms with van der Waals surface area (Å²) in [6, 6.07) is 21.2. The predicted octanol–water partition coefficient (Wildman–Crippen LogP) is 4.18. The first-order chi connectivity index (χ1) is 11.7. The Morgan fingerprint density at radius 2 is 0.962 bits per heavy atom. The Hall–Kier alpha value is -1.50. The monoisotopic (exact) mass is 392 g/mol. The van der Waals surface area contributed by atoms with Gasteiger partial charge in [0.25, 0.3) is 0 Å². The van der Waals surface area contributed by atoms with E-state index in [0.29, 0.717) is 0 Å². The molecule has 0 N–H and O–H groups in total. The molecule has 0 saturated heterocycles. The lowest BCUT2D eigenvalue weighted by atomic mass is 10.1. The fraction of sp³-hybridized carbons (Fsp3) is 0.364. The summed E-state index contributed by atoms with van der Waals surface area (Å²) in [6.45, 7) is 3.75. The van der Waals surface area contributed by atoms with Crippen molar-refractivity contribution >= 4 is 24.8 Å². The van der Waals surface area contributed by atoms with Gasteiger partial charge in [0, 0.05) is 13.1 Å². The van der Waals surface area contributed by atoms with Gasteiger partial charge in [0.1, 0.15) is 0 Å². The molecule has 0 saturated carbocycles. The molecule has 4 heteroatoms. The minimum atomic E-state index is 0. The predicted molar refractivity (Wildman–Crippen MR) is 118 cm³/mol. The van der Waals surface area contributed by atoms with Crippen molar-refractivity contribution in [3.63, 3.8) is 0 Å². The minimum Gasteiger partial charge on any atom is -0.295 e. The first kappa shape index (κ1) is 24.5. The molecule has 0 aromatic heterocycles. The smallest absolute Gasteiger partial charge is 0.0599 e. The Bertz CT molecular complexity index is 580. The number of hydrogen-bond acceptors (Lipinski definition) is 2. The Morgan fingerprint density at radius 3 is 1.31 bits per heavy atom. The van der Waals surface area contributed by atoms with Crippen molar-refractivity contribution in [3.05, 3.63) is 71.8 Å². The Kier molecular flexibility index (Phi) is 13.8. The average Bonchev–Trinajstić information content (AvgIpc) is 2.63. The van der Waals surface area contributed by atoms with E-state index in [-0.39, 0.29) is 24.8 Å². The SMILES string of the molecule is CN(CC#CCN(C)CCc1ccccc1)CCc1ccccc1.Cl.Cl. The van der Waals surface area contributed by atoms with Crippen molar-refractivity contribution in [3.8, 4) is 11.8 Å². The van der Waals surface area contributed by atoms with Crippen molar-refractivity contribution in [2.75, 3.05) is 40.3 Å². The fourth-order valence-corrected chi connectivity index (χ4v) is 2.47. The van der Waals surface area contributed by atoms with Gasteiger partial charge in [-0.25, -0.2) is 0 Å². The van der Waals surface area contributed by atoms with Gasteiger partial charge >= 0.3 is 0 Å². The molecule has 0 atom stereocenters. The molecule has 0 bridgehead atoms. The second-order valence-corrected chi connectivity index (χ2v) is 6.30. The molecule has 0 spiro atoms. The number of nitrogens with zero attached hydrogens (tertiary/aromatic N) is 2. The zero-order chi connectivity index (χ0) is 17.0. The first-order valence-electron chi connectivity index (χ1n) is 8.64. The van der Waals surface area contributed by atoms with E-state index in [9.17, 15) is 0 Å². The summed E-state index contributed by atoms with van der Waals surface area (Å²) >= 11 is 0. The molecule has 0 fully saturated rings. The van der Waals surface area contributed by atoms with Gasteiger partial charge in [-0.1, -0.05) is 72.5 Å². The van der Waals surface area contributed by atoms with Crippen molar-refractivity contribution in [1.82, 2.24) is 9.80 Å². The van der Waals surface area contributed by atoms with Crippen LogP contribution in [-0.2, 0) is 12.8 Å². The molecule has 2 rings (SSSR count). The fourth-order valence-electron chi connectivity index (χ4n) is 2.47. The summed E-state index contributed by atoms with van der Waals surface area (Å²) < 4.78 is 0. The van der Waals surface area contributed by atoms with Crippen LogP contribution in [0.3, 0.4) is 0 Å². The molecule has 0 unspecified atom stereocenters. The van der Waals surface area contributed by atoms with Crippen LogP contribution in [0, 0.1) is 11.8 Å². The maximum Gasteiger partial charge on any atom is 0.0599 e. The zero-order valence-corrected chi connectivity index (χ0v) is 17.4. The second kappa shape index (κ2) is 14.6. The van der Waals surface area contributed by atoms with Gasteiger partial charge in [-0.2, -0.15) is 0 Å². The summed E-state index contributed by atoms with van der Waals surface area (Å²) in [4.78, 5) is 4.56. The summed E-state index contributed by atoms with van der Waals surface area (Å²) in [5.41, 5.74) is 2.77. The third-order valence-electron chi connectivity index (χ3n) is 4.07. The van der Waals surface area contributed by atoms with Gasteiger partial charge in [0.2, 0.25) is 0 Å². The number of halogens is 2. The molecule has 0 aliphatic heterocycles. The second-order valence-electron chi connectivity index (χ2n) is 6.30. The molecule has 2 aromatic rings. The van der Waals surface area contributed by atoms with Crippen molar-refractivity contribution in [1.29, 1.82) is 0 Å². The van der Waals surface area contributed by atoms with Gasteiger partial charge in [0.15, 0.2) is 0 Å². The Morgan fingerprint density at radius 1 is 0.615 bits per heavy atom. The Labute approximate surface area is 171 Å². The van der Waals surface area contributed by atoms with Crippen LogP contribution in [0.25, 0.3) is 0 Å². The van der Waals surface area contributed by atoms with E-state index >= 15 is 0 Å². The average molecular weight is 393 g/mol. The van der Waals surface area contributed by atoms with E-state index in [1.165, 1.54) is 11.1 Å². The lowest BCUT2D eigenvalue weighted by Crippen LogP contribution is -2.23. The summed E-state index contributed by atoms with van der Waals surface area (Å²) in [7, 11) is 4.27. The molecule has 0 heterocycles. The van der Waals surface area contributed by atoms with E-state index in [0.717, 1.165) is 39.0 Å². The number of likely N-dealkylation sites (N-methyl/N-ethyl adjacent to an activating group) is 2. The van der Waals surface area contributed by atoms with Crippen molar-refractivity contribution < 1.29 is 0 Å². The van der Waals surface area contributed by atoms with Crippen LogP contribution in [0.4, 0.5) is 0 Å². The minimum absolute atomic E-state index is 0. The van der Waals surface area contributed by atoms with Crippen LogP contribution in [-0.4, -0.2) is 50.1 Å². The maximum atomic E-state index is 3.28. The number of hydrogen-bond donors (Lipinski definition) is 0. The van der Waals surface area contributed by atoms with Crippen LogP contribution in [0.15, 0.2) is 60.7 Å². The first-order valence-corrected chi connectivity index (χ1v) is 8.64. The lowest BCUT2D eigenvalue weighted by Gasteiger charge is -2.14. The Balaban J connectivity index is 0.00000312. The molecule has 2 aromatic carbocycles. The number of benzene rings is 2. The number of rotatable bonds is 8. The van der Waals surface area contributed by atoms with Crippen LogP contribution in [0.1, 0.15) is 11.1 Å². The van der Waals surface area contributed by atoms with E-state index < -0.39 is 0 Å². The molecule has 0 amide bonds. The molecule has 26 heavy (non-hydrogen) atoms. The van der Waals surface area contributed by atoms with Gasteiger partial charge in [0.05, 0.1) is 13.1 Å². The standard InChI is InChI=1S/C22H28N2.2ClH/c1-23(19-15-21-11-5-3-6-12-21)17-9-10-18-24(2)20-16-22-13-7-4-8-14-22;;/h3-8,11-14H,15-20H2,1-2H3;2*1H. The summed E-state index contributed by atoms with van der Waals surface area (Å²) in [5.74, 6) is 6.57. The molecule has 142 valence electrons. The highest BCUT2D eigenvalue weighted by Crippen LogP contribution is 2.01. The van der Waals surface area contributed by atoms with Crippen molar-refractivity contribution in [2.45, 2.75) is 12.8 Å². The highest BCUT2D eigenvalue weighted by atomic mass is 35.5. The van der Waals surface area contributed by atoms with Crippen LogP contribution < -0.4 is 0 Å². The largest absolute Gasteiger partial charge is 0.295 e. The van der Waals surface area contributed by atoms with Gasteiger partial charge in [-0.15, -0.1) is 24.8 Å². The third-order valence-corrected chi connectivity index (χ3v) is 4.07. The highest BCUT2D eigenvalue weighted by molar-refractivity contribution is 5.85. The highest BCUT2D eigenvalue weighted by Gasteiger charge is 1.98. The lowest BCUT2D eigenvalue weighted by molar-refractivity contribution is 0.375. The molecule has 0 radical (unpaired) electrons. The maximum absolute atomic E-state index is 3.28. The molecule has 2 nitrogen and oxygen atoms in total. The molecular formula is C22H30Cl2N2. The van der Waals surface area contributed by atoms with E-state index in [1.807, 2.05) is 0 Å². The molecule has 0 aliphatic carbocycles. The topological polar surface area (TPSA) is 6.48 Å². The van der Waals surface area contributed by atoms with Crippen LogP contribution >= 0.6 is 24.8 Å². The summed E-state index contributed by atoms with van der Waals surface area (Å²) in [5, 5.41) is 0. The van der Waals surface area contributed by atoms with Gasteiger partial charge in [-0.05, 0) is 38.1 Å². The van der Waals surface area contributed by atoms with E-state index in [2.05, 4.69) is 96.4 Å². The van der Waals surface area contributed by atoms with E-state index in [4.69, 9.17) is 0 Å². The van der Waals surface area contributed by atoms with E-state index in [1.54, 1.807) is 0 Å². The molecule has 0 aliphatic rings. The van der Waals surface area contributed by atoms with Gasteiger partial charge < -0.3 is 0 Å². The van der Waals surface area contributed by atoms with Crippen molar-refractivity contribution in [2.24, 2.45) is 0 Å². The zero-order valence-electron chi connectivity index (χ0n) is 15.7. The van der Waals surface area contributed by atoms with Gasteiger partial charge in [-0.3, -0.25) is 9.80 Å². The quantitative estimate of drug-likeness (QED) is 0.621.